The first kappa shape index (κ1) is 21.2. The lowest BCUT2D eigenvalue weighted by atomic mass is 10.1. The van der Waals surface area contributed by atoms with Crippen molar-refractivity contribution in [2.24, 2.45) is 0 Å². The lowest BCUT2D eigenvalue weighted by Gasteiger charge is -2.09. The van der Waals surface area contributed by atoms with Gasteiger partial charge in [-0.3, -0.25) is 9.59 Å². The van der Waals surface area contributed by atoms with Gasteiger partial charge in [-0.2, -0.15) is 0 Å². The molecular formula is C17H21NO7S2. The third kappa shape index (κ3) is 7.22. The second kappa shape index (κ2) is 9.75. The van der Waals surface area contributed by atoms with Crippen LogP contribution in [-0.2, 0) is 35.4 Å². The Morgan fingerprint density at radius 2 is 1.93 bits per heavy atom. The van der Waals surface area contributed by atoms with E-state index >= 15 is 0 Å². The van der Waals surface area contributed by atoms with Crippen LogP contribution in [0.1, 0.15) is 22.3 Å². The van der Waals surface area contributed by atoms with E-state index in [1.54, 1.807) is 24.3 Å². The summed E-state index contributed by atoms with van der Waals surface area (Å²) < 4.78 is 32.2. The number of hydrogen-bond acceptors (Lipinski definition) is 8. The van der Waals surface area contributed by atoms with Gasteiger partial charge in [0.05, 0.1) is 29.9 Å². The molecule has 0 aromatic heterocycles. The molecule has 1 saturated heterocycles. The van der Waals surface area contributed by atoms with Crippen molar-refractivity contribution in [1.82, 2.24) is 5.32 Å². The number of carbonyl (C=O) groups is 3. The fourth-order valence-electron chi connectivity index (χ4n) is 2.39. The number of rotatable bonds is 8. The highest BCUT2D eigenvalue weighted by molar-refractivity contribution is 8.02. The Morgan fingerprint density at radius 1 is 1.22 bits per heavy atom. The molecule has 0 radical (unpaired) electrons. The number of amides is 1. The predicted octanol–water partition coefficient (Wildman–Crippen LogP) is 0.553. The summed E-state index contributed by atoms with van der Waals surface area (Å²) in [7, 11) is -1.68. The molecule has 2 rings (SSSR count). The minimum atomic E-state index is -2.97. The van der Waals surface area contributed by atoms with Gasteiger partial charge in [0.15, 0.2) is 16.4 Å². The summed E-state index contributed by atoms with van der Waals surface area (Å²) in [5, 5.41) is 2.51. The number of thioether (sulfide) groups is 1. The van der Waals surface area contributed by atoms with Crippen molar-refractivity contribution in [3.05, 3.63) is 35.4 Å². The summed E-state index contributed by atoms with van der Waals surface area (Å²) in [6, 6.07) is 6.55. The van der Waals surface area contributed by atoms with E-state index in [0.29, 0.717) is 12.0 Å². The monoisotopic (exact) mass is 415 g/mol. The van der Waals surface area contributed by atoms with Gasteiger partial charge < -0.3 is 14.8 Å². The van der Waals surface area contributed by atoms with Crippen molar-refractivity contribution in [1.29, 1.82) is 0 Å². The third-order valence-corrected chi connectivity index (χ3v) is 7.11. The maximum Gasteiger partial charge on any atom is 0.337 e. The molecule has 0 unspecified atom stereocenters. The van der Waals surface area contributed by atoms with Gasteiger partial charge in [0.1, 0.15) is 0 Å². The topological polar surface area (TPSA) is 116 Å². The first-order chi connectivity index (χ1) is 12.8. The van der Waals surface area contributed by atoms with Crippen LogP contribution in [0.3, 0.4) is 0 Å². The smallest absolute Gasteiger partial charge is 0.337 e. The second-order valence-corrected chi connectivity index (χ2v) is 9.48. The van der Waals surface area contributed by atoms with Crippen LogP contribution in [0.2, 0.25) is 0 Å². The molecule has 1 aromatic rings. The number of sulfone groups is 1. The zero-order valence-electron chi connectivity index (χ0n) is 14.8. The molecule has 1 aliphatic heterocycles. The highest BCUT2D eigenvalue weighted by Crippen LogP contribution is 2.24. The molecular weight excluding hydrogens is 394 g/mol. The maximum absolute atomic E-state index is 11.7. The number of esters is 2. The van der Waals surface area contributed by atoms with E-state index in [1.807, 2.05) is 0 Å². The normalized spacial score (nSPS) is 17.9. The number of hydrogen-bond donors (Lipinski definition) is 1. The summed E-state index contributed by atoms with van der Waals surface area (Å²) in [6.07, 6.45) is 0.537. The average Bonchev–Trinajstić information content (AvgIpc) is 3.01. The molecule has 27 heavy (non-hydrogen) atoms. The molecule has 1 aromatic carbocycles. The van der Waals surface area contributed by atoms with Crippen LogP contribution in [0.25, 0.3) is 0 Å². The summed E-state index contributed by atoms with van der Waals surface area (Å²) in [5.41, 5.74) is 1.19. The average molecular weight is 415 g/mol. The van der Waals surface area contributed by atoms with Crippen LogP contribution < -0.4 is 5.32 Å². The first-order valence-electron chi connectivity index (χ1n) is 8.20. The zero-order valence-corrected chi connectivity index (χ0v) is 16.4. The Balaban J connectivity index is 1.64. The SMILES string of the molecule is COC(=O)c1ccc(CNC(=O)COC(=O)CS[C@@H]2CCS(=O)(=O)C2)cc1. The largest absolute Gasteiger partial charge is 0.465 e. The summed E-state index contributed by atoms with van der Waals surface area (Å²) in [4.78, 5) is 34.7. The quantitative estimate of drug-likeness (QED) is 0.612. The lowest BCUT2D eigenvalue weighted by Crippen LogP contribution is -2.28. The van der Waals surface area contributed by atoms with E-state index in [1.165, 1.54) is 18.9 Å². The number of methoxy groups -OCH3 is 1. The van der Waals surface area contributed by atoms with Crippen molar-refractivity contribution < 1.29 is 32.3 Å². The van der Waals surface area contributed by atoms with Crippen LogP contribution in [0.5, 0.6) is 0 Å². The highest BCUT2D eigenvalue weighted by atomic mass is 32.2. The molecule has 1 fully saturated rings. The van der Waals surface area contributed by atoms with E-state index in [9.17, 15) is 22.8 Å². The molecule has 1 atom stereocenters. The summed E-state index contributed by atoms with van der Waals surface area (Å²) in [6.45, 7) is -0.172. The maximum atomic E-state index is 11.7. The summed E-state index contributed by atoms with van der Waals surface area (Å²) in [5.74, 6) is -1.19. The molecule has 1 amide bonds. The molecule has 1 aliphatic rings. The number of carbonyl (C=O) groups excluding carboxylic acids is 3. The lowest BCUT2D eigenvalue weighted by molar-refractivity contribution is -0.145. The zero-order chi connectivity index (χ0) is 19.9. The Kier molecular flexibility index (Phi) is 7.66. The van der Waals surface area contributed by atoms with Crippen molar-refractivity contribution >= 4 is 39.4 Å². The van der Waals surface area contributed by atoms with E-state index < -0.39 is 34.3 Å². The van der Waals surface area contributed by atoms with Gasteiger partial charge in [-0.05, 0) is 24.1 Å². The van der Waals surface area contributed by atoms with Crippen molar-refractivity contribution in [2.75, 3.05) is 31.0 Å². The van der Waals surface area contributed by atoms with E-state index in [2.05, 4.69) is 10.1 Å². The van der Waals surface area contributed by atoms with Gasteiger partial charge in [0, 0.05) is 11.8 Å². The van der Waals surface area contributed by atoms with Crippen LogP contribution in [0.4, 0.5) is 0 Å². The molecule has 8 nitrogen and oxygen atoms in total. The minimum Gasteiger partial charge on any atom is -0.465 e. The van der Waals surface area contributed by atoms with Gasteiger partial charge in [-0.25, -0.2) is 13.2 Å². The first-order valence-corrected chi connectivity index (χ1v) is 11.1. The molecule has 0 saturated carbocycles. The Bertz CT molecular complexity index is 790. The Labute approximate surface area is 161 Å². The fourth-order valence-corrected chi connectivity index (χ4v) is 5.83. The molecule has 0 aliphatic carbocycles. The van der Waals surface area contributed by atoms with Crippen LogP contribution in [-0.4, -0.2) is 62.5 Å². The van der Waals surface area contributed by atoms with E-state index in [-0.39, 0.29) is 29.1 Å². The molecule has 1 heterocycles. The second-order valence-electron chi connectivity index (χ2n) is 5.96. The molecule has 1 N–H and O–H groups in total. The fraction of sp³-hybridized carbons (Fsp3) is 0.471. The number of ether oxygens (including phenoxy) is 2. The van der Waals surface area contributed by atoms with Crippen LogP contribution in [0, 0.1) is 0 Å². The molecule has 148 valence electrons. The third-order valence-electron chi connectivity index (χ3n) is 3.86. The van der Waals surface area contributed by atoms with Gasteiger partial charge >= 0.3 is 11.9 Å². The minimum absolute atomic E-state index is 0.0163. The van der Waals surface area contributed by atoms with Crippen molar-refractivity contribution in [3.63, 3.8) is 0 Å². The van der Waals surface area contributed by atoms with Crippen LogP contribution >= 0.6 is 11.8 Å². The number of nitrogens with one attached hydrogen (secondary N) is 1. The Hall–Kier alpha value is -2.07. The molecule has 10 heteroatoms. The number of benzene rings is 1. The summed E-state index contributed by atoms with van der Waals surface area (Å²) >= 11 is 1.24. The van der Waals surface area contributed by atoms with Gasteiger partial charge in [-0.15, -0.1) is 11.8 Å². The van der Waals surface area contributed by atoms with Crippen LogP contribution in [0.15, 0.2) is 24.3 Å². The van der Waals surface area contributed by atoms with E-state index in [0.717, 1.165) is 5.56 Å². The predicted molar refractivity (Wildman–Crippen MR) is 100 cm³/mol. The van der Waals surface area contributed by atoms with Gasteiger partial charge in [0.2, 0.25) is 0 Å². The van der Waals surface area contributed by atoms with Gasteiger partial charge in [-0.1, -0.05) is 12.1 Å². The van der Waals surface area contributed by atoms with Crippen molar-refractivity contribution in [3.8, 4) is 0 Å². The molecule has 0 bridgehead atoms. The standard InChI is InChI=1S/C17H21NO7S2/c1-24-17(21)13-4-2-12(3-5-13)8-18-15(19)9-25-16(20)10-26-14-6-7-27(22,23)11-14/h2-5,14H,6-11H2,1H3,(H,18,19)/t14-/m1/s1. The van der Waals surface area contributed by atoms with E-state index in [4.69, 9.17) is 4.74 Å². The highest BCUT2D eigenvalue weighted by Gasteiger charge is 2.28. The molecule has 0 spiro atoms. The van der Waals surface area contributed by atoms with Crippen molar-refractivity contribution in [2.45, 2.75) is 18.2 Å². The van der Waals surface area contributed by atoms with Gasteiger partial charge in [0.25, 0.3) is 5.91 Å². The Morgan fingerprint density at radius 3 is 2.52 bits per heavy atom.